The number of piperidine rings is 1. The fourth-order valence-corrected chi connectivity index (χ4v) is 3.91. The number of rotatable bonds is 3. The zero-order chi connectivity index (χ0) is 14.0. The molecule has 1 aliphatic heterocycles. The van der Waals surface area contributed by atoms with Crippen molar-refractivity contribution in [3.63, 3.8) is 0 Å². The van der Waals surface area contributed by atoms with Crippen LogP contribution in [0.3, 0.4) is 0 Å². The molecule has 1 heterocycles. The van der Waals surface area contributed by atoms with Gasteiger partial charge >= 0.3 is 5.97 Å². The first-order chi connectivity index (χ1) is 8.93. The summed E-state index contributed by atoms with van der Waals surface area (Å²) in [6.45, 7) is 0.854. The monoisotopic (exact) mass is 284 g/mol. The lowest BCUT2D eigenvalue weighted by molar-refractivity contribution is 0.0692. The minimum atomic E-state index is -3.79. The van der Waals surface area contributed by atoms with Crippen LogP contribution in [-0.4, -0.2) is 36.9 Å². The number of carbonyl (C=O) groups is 1. The van der Waals surface area contributed by atoms with E-state index in [1.165, 1.54) is 22.5 Å². The van der Waals surface area contributed by atoms with Gasteiger partial charge in [-0.15, -0.1) is 0 Å². The van der Waals surface area contributed by atoms with Crippen LogP contribution in [0.5, 0.6) is 0 Å². The summed E-state index contributed by atoms with van der Waals surface area (Å²) in [4.78, 5) is 10.9. The molecule has 1 aliphatic rings. The van der Waals surface area contributed by atoms with Crippen LogP contribution in [0, 0.1) is 0 Å². The van der Waals surface area contributed by atoms with Gasteiger partial charge in [0.25, 0.3) is 0 Å². The molecule has 0 unspecified atom stereocenters. The molecule has 1 aromatic rings. The van der Waals surface area contributed by atoms with Crippen molar-refractivity contribution >= 4 is 21.7 Å². The van der Waals surface area contributed by atoms with Crippen molar-refractivity contribution in [2.75, 3.05) is 18.8 Å². The highest BCUT2D eigenvalue weighted by Gasteiger charge is 2.30. The van der Waals surface area contributed by atoms with E-state index in [9.17, 15) is 13.2 Å². The lowest BCUT2D eigenvalue weighted by Gasteiger charge is -2.26. The largest absolute Gasteiger partial charge is 0.478 e. The summed E-state index contributed by atoms with van der Waals surface area (Å²) < 4.78 is 26.3. The molecule has 2 rings (SSSR count). The molecule has 0 saturated carbocycles. The Balaban J connectivity index is 2.49. The summed E-state index contributed by atoms with van der Waals surface area (Å²) in [5.74, 6) is -1.27. The quantitative estimate of drug-likeness (QED) is 0.811. The van der Waals surface area contributed by atoms with E-state index in [1.54, 1.807) is 0 Å². The molecule has 0 aromatic heterocycles. The SMILES string of the molecule is Nc1ccc(C(=O)O)c(S(=O)(=O)N2CCCCC2)c1. The van der Waals surface area contributed by atoms with Crippen LogP contribution in [0.2, 0.25) is 0 Å². The average Bonchev–Trinajstić information content (AvgIpc) is 2.39. The highest BCUT2D eigenvalue weighted by Crippen LogP contribution is 2.25. The van der Waals surface area contributed by atoms with Crippen molar-refractivity contribution in [2.45, 2.75) is 24.2 Å². The zero-order valence-electron chi connectivity index (χ0n) is 10.4. The van der Waals surface area contributed by atoms with Crippen LogP contribution < -0.4 is 5.73 Å². The number of nitrogen functional groups attached to an aromatic ring is 1. The van der Waals surface area contributed by atoms with E-state index in [2.05, 4.69) is 0 Å². The van der Waals surface area contributed by atoms with E-state index in [0.717, 1.165) is 19.3 Å². The molecular weight excluding hydrogens is 268 g/mol. The van der Waals surface area contributed by atoms with Crippen LogP contribution >= 0.6 is 0 Å². The Morgan fingerprint density at radius 1 is 1.21 bits per heavy atom. The molecule has 7 heteroatoms. The molecule has 1 aromatic carbocycles. The Morgan fingerprint density at radius 3 is 2.42 bits per heavy atom. The molecule has 104 valence electrons. The molecule has 0 bridgehead atoms. The van der Waals surface area contributed by atoms with E-state index >= 15 is 0 Å². The fraction of sp³-hybridized carbons (Fsp3) is 0.417. The van der Waals surface area contributed by atoms with Gasteiger partial charge in [0.15, 0.2) is 0 Å². The highest BCUT2D eigenvalue weighted by molar-refractivity contribution is 7.89. The van der Waals surface area contributed by atoms with Gasteiger partial charge in [0.1, 0.15) is 0 Å². The molecule has 1 fully saturated rings. The van der Waals surface area contributed by atoms with Gasteiger partial charge in [-0.05, 0) is 31.0 Å². The zero-order valence-corrected chi connectivity index (χ0v) is 11.2. The van der Waals surface area contributed by atoms with E-state index in [0.29, 0.717) is 13.1 Å². The number of carboxylic acids is 1. The Labute approximate surface area is 111 Å². The van der Waals surface area contributed by atoms with E-state index < -0.39 is 16.0 Å². The number of benzene rings is 1. The summed E-state index contributed by atoms with van der Waals surface area (Å²) in [6.07, 6.45) is 2.59. The number of hydrogen-bond donors (Lipinski definition) is 2. The van der Waals surface area contributed by atoms with Crippen molar-refractivity contribution in [1.82, 2.24) is 4.31 Å². The maximum Gasteiger partial charge on any atom is 0.337 e. The highest BCUT2D eigenvalue weighted by atomic mass is 32.2. The summed E-state index contributed by atoms with van der Waals surface area (Å²) in [6, 6.07) is 3.83. The minimum absolute atomic E-state index is 0.220. The van der Waals surface area contributed by atoms with E-state index in [4.69, 9.17) is 10.8 Å². The molecule has 6 nitrogen and oxygen atoms in total. The molecule has 0 amide bonds. The minimum Gasteiger partial charge on any atom is -0.478 e. The van der Waals surface area contributed by atoms with Gasteiger partial charge in [0.2, 0.25) is 10.0 Å². The number of nitrogens with zero attached hydrogens (tertiary/aromatic N) is 1. The number of nitrogens with two attached hydrogens (primary N) is 1. The van der Waals surface area contributed by atoms with Gasteiger partial charge in [-0.2, -0.15) is 4.31 Å². The molecule has 0 spiro atoms. The first kappa shape index (κ1) is 13.8. The number of aromatic carboxylic acids is 1. The first-order valence-corrected chi connectivity index (χ1v) is 7.50. The Kier molecular flexibility index (Phi) is 3.77. The third-order valence-corrected chi connectivity index (χ3v) is 5.11. The van der Waals surface area contributed by atoms with Crippen LogP contribution in [0.4, 0.5) is 5.69 Å². The van der Waals surface area contributed by atoms with E-state index in [1.807, 2.05) is 0 Å². The van der Waals surface area contributed by atoms with Crippen LogP contribution in [0.15, 0.2) is 23.1 Å². The van der Waals surface area contributed by atoms with Gasteiger partial charge in [0, 0.05) is 18.8 Å². The van der Waals surface area contributed by atoms with Gasteiger partial charge in [-0.1, -0.05) is 6.42 Å². The number of carboxylic acid groups (broad SMARTS) is 1. The van der Waals surface area contributed by atoms with Crippen LogP contribution in [0.25, 0.3) is 0 Å². The summed E-state index contributed by atoms with van der Waals surface area (Å²) in [7, 11) is -3.79. The smallest absolute Gasteiger partial charge is 0.337 e. The molecule has 3 N–H and O–H groups in total. The second-order valence-electron chi connectivity index (χ2n) is 4.53. The number of anilines is 1. The maximum atomic E-state index is 12.5. The normalized spacial score (nSPS) is 17.3. The van der Waals surface area contributed by atoms with Crippen molar-refractivity contribution < 1.29 is 18.3 Å². The van der Waals surface area contributed by atoms with Gasteiger partial charge in [-0.25, -0.2) is 13.2 Å². The average molecular weight is 284 g/mol. The van der Waals surface area contributed by atoms with Crippen molar-refractivity contribution in [1.29, 1.82) is 0 Å². The number of sulfonamides is 1. The summed E-state index contributed by atoms with van der Waals surface area (Å²) in [5, 5.41) is 9.09. The van der Waals surface area contributed by atoms with Gasteiger partial charge in [-0.3, -0.25) is 0 Å². The second kappa shape index (κ2) is 5.18. The van der Waals surface area contributed by atoms with Gasteiger partial charge in [0.05, 0.1) is 10.5 Å². The van der Waals surface area contributed by atoms with Crippen LogP contribution in [0.1, 0.15) is 29.6 Å². The third-order valence-electron chi connectivity index (χ3n) is 3.17. The van der Waals surface area contributed by atoms with Crippen molar-refractivity contribution in [3.05, 3.63) is 23.8 Å². The Hall–Kier alpha value is -1.60. The fourth-order valence-electron chi connectivity index (χ4n) is 2.17. The predicted molar refractivity (Wildman–Crippen MR) is 70.4 cm³/mol. The standard InChI is InChI=1S/C12H16N2O4S/c13-9-4-5-10(12(15)16)11(8-9)19(17,18)14-6-2-1-3-7-14/h4-5,8H,1-3,6-7,13H2,(H,15,16). The lowest BCUT2D eigenvalue weighted by atomic mass is 10.2. The van der Waals surface area contributed by atoms with Crippen molar-refractivity contribution in [2.24, 2.45) is 0 Å². The number of hydrogen-bond acceptors (Lipinski definition) is 4. The van der Waals surface area contributed by atoms with E-state index in [-0.39, 0.29) is 16.1 Å². The summed E-state index contributed by atoms with van der Waals surface area (Å²) in [5.41, 5.74) is 5.58. The predicted octanol–water partition coefficient (Wildman–Crippen LogP) is 1.14. The molecule has 0 aliphatic carbocycles. The first-order valence-electron chi connectivity index (χ1n) is 6.06. The summed E-state index contributed by atoms with van der Waals surface area (Å²) >= 11 is 0. The molecule has 1 saturated heterocycles. The molecular formula is C12H16N2O4S. The Morgan fingerprint density at radius 2 is 1.84 bits per heavy atom. The Bertz CT molecular complexity index is 592. The molecule has 19 heavy (non-hydrogen) atoms. The van der Waals surface area contributed by atoms with Crippen molar-refractivity contribution in [3.8, 4) is 0 Å². The van der Waals surface area contributed by atoms with Crippen LogP contribution in [-0.2, 0) is 10.0 Å². The lowest BCUT2D eigenvalue weighted by Crippen LogP contribution is -2.36. The molecule has 0 radical (unpaired) electrons. The topological polar surface area (TPSA) is 101 Å². The van der Waals surface area contributed by atoms with Gasteiger partial charge < -0.3 is 10.8 Å². The third kappa shape index (κ3) is 2.71. The molecule has 0 atom stereocenters. The maximum absolute atomic E-state index is 12.5. The second-order valence-corrected chi connectivity index (χ2v) is 6.43.